The van der Waals surface area contributed by atoms with E-state index in [1.165, 1.54) is 11.1 Å². The van der Waals surface area contributed by atoms with Gasteiger partial charge in [0.15, 0.2) is 0 Å². The van der Waals surface area contributed by atoms with Gasteiger partial charge in [-0.15, -0.1) is 0 Å². The highest BCUT2D eigenvalue weighted by Crippen LogP contribution is 2.54. The van der Waals surface area contributed by atoms with Crippen LogP contribution in [0.1, 0.15) is 50.7 Å². The highest BCUT2D eigenvalue weighted by atomic mass is 16.6. The summed E-state index contributed by atoms with van der Waals surface area (Å²) in [5.41, 5.74) is 1.29. The Morgan fingerprint density at radius 3 is 2.62 bits per heavy atom. The third-order valence-corrected chi connectivity index (χ3v) is 7.12. The molecule has 2 N–H and O–H groups in total. The normalized spacial score (nSPS) is 31.2. The van der Waals surface area contributed by atoms with Gasteiger partial charge in [0, 0.05) is 25.6 Å². The second-order valence-electron chi connectivity index (χ2n) is 9.44. The molecule has 1 amide bonds. The van der Waals surface area contributed by atoms with E-state index < -0.39 is 11.7 Å². The number of likely N-dealkylation sites (N-methyl/N-ethyl adjacent to an activating group) is 2. The zero-order valence-electron chi connectivity index (χ0n) is 18.4. The summed E-state index contributed by atoms with van der Waals surface area (Å²) in [5, 5.41) is 21.2. The molecule has 162 valence electrons. The summed E-state index contributed by atoms with van der Waals surface area (Å²) in [5.74, 6) is 0.919. The molecule has 0 spiro atoms. The lowest BCUT2D eigenvalue weighted by Crippen LogP contribution is -2.56. The molecular weight excluding hydrogens is 368 g/mol. The van der Waals surface area contributed by atoms with Gasteiger partial charge in [0.05, 0.1) is 11.7 Å². The van der Waals surface area contributed by atoms with Crippen LogP contribution in [0.3, 0.4) is 0 Å². The van der Waals surface area contributed by atoms with Gasteiger partial charge >= 0.3 is 6.09 Å². The molecule has 29 heavy (non-hydrogen) atoms. The van der Waals surface area contributed by atoms with E-state index in [4.69, 9.17) is 4.74 Å². The summed E-state index contributed by atoms with van der Waals surface area (Å²) < 4.78 is 5.61. The third kappa shape index (κ3) is 4.30. The Hall–Kier alpha value is -1.63. The lowest BCUT2D eigenvalue weighted by molar-refractivity contribution is -0.129. The van der Waals surface area contributed by atoms with Crippen LogP contribution >= 0.6 is 0 Å². The van der Waals surface area contributed by atoms with E-state index in [1.54, 1.807) is 18.9 Å². The number of carbonyl (C=O) groups is 1. The van der Waals surface area contributed by atoms with E-state index in [2.05, 4.69) is 13.0 Å². The standard InChI is InChI=1S/C23H36N2O4/c1-6-23-15-20(26)22(2,28)14-17(23)8-7-16-13-18(9-10-19(16)23)29-21(27)25(5)12-11-24(3)4/h9-10,13,17,20,26,28H,6-8,11-12,14-15H2,1-5H3/t17-,20+,22+,23-/m1/s1. The first-order valence-electron chi connectivity index (χ1n) is 10.7. The molecule has 1 aromatic carbocycles. The predicted molar refractivity (Wildman–Crippen MR) is 113 cm³/mol. The fraction of sp³-hybridized carbons (Fsp3) is 0.696. The fourth-order valence-electron chi connectivity index (χ4n) is 5.17. The molecule has 1 fully saturated rings. The summed E-state index contributed by atoms with van der Waals surface area (Å²) in [7, 11) is 5.69. The van der Waals surface area contributed by atoms with Crippen LogP contribution in [0.2, 0.25) is 0 Å². The van der Waals surface area contributed by atoms with Gasteiger partial charge in [-0.05, 0) is 82.3 Å². The van der Waals surface area contributed by atoms with Gasteiger partial charge in [0.1, 0.15) is 5.75 Å². The molecule has 3 rings (SSSR count). The number of hydrogen-bond donors (Lipinski definition) is 2. The molecule has 6 nitrogen and oxygen atoms in total. The van der Waals surface area contributed by atoms with Crippen LogP contribution < -0.4 is 4.74 Å². The van der Waals surface area contributed by atoms with E-state index in [-0.39, 0.29) is 11.5 Å². The van der Waals surface area contributed by atoms with Crippen molar-refractivity contribution in [3.8, 4) is 5.75 Å². The van der Waals surface area contributed by atoms with Gasteiger partial charge in [-0.2, -0.15) is 0 Å². The SMILES string of the molecule is CC[C@@]12C[C@H](O)[C@@](C)(O)C[C@H]1CCc1cc(OC(=O)N(C)CCN(C)C)ccc12. The Kier molecular flexibility index (Phi) is 6.27. The summed E-state index contributed by atoms with van der Waals surface area (Å²) in [6.45, 7) is 5.31. The van der Waals surface area contributed by atoms with E-state index >= 15 is 0 Å². The third-order valence-electron chi connectivity index (χ3n) is 7.12. The largest absolute Gasteiger partial charge is 0.415 e. The van der Waals surface area contributed by atoms with Crippen molar-refractivity contribution in [2.75, 3.05) is 34.2 Å². The second kappa shape index (κ2) is 8.25. The summed E-state index contributed by atoms with van der Waals surface area (Å²) in [4.78, 5) is 16.0. The number of rotatable bonds is 5. The van der Waals surface area contributed by atoms with Crippen molar-refractivity contribution in [3.05, 3.63) is 29.3 Å². The Morgan fingerprint density at radius 1 is 1.24 bits per heavy atom. The number of ether oxygens (including phenoxy) is 1. The van der Waals surface area contributed by atoms with Crippen LogP contribution in [-0.2, 0) is 11.8 Å². The number of amides is 1. The van der Waals surface area contributed by atoms with Gasteiger partial charge in [-0.3, -0.25) is 0 Å². The quantitative estimate of drug-likeness (QED) is 0.790. The smallest absolute Gasteiger partial charge is 0.410 e. The zero-order valence-corrected chi connectivity index (χ0v) is 18.4. The van der Waals surface area contributed by atoms with Crippen molar-refractivity contribution in [2.24, 2.45) is 5.92 Å². The molecule has 0 aliphatic heterocycles. The monoisotopic (exact) mass is 404 g/mol. The maximum absolute atomic E-state index is 12.4. The number of aliphatic hydroxyl groups excluding tert-OH is 1. The first-order valence-corrected chi connectivity index (χ1v) is 10.7. The Labute approximate surface area is 174 Å². The lowest BCUT2D eigenvalue weighted by Gasteiger charge is -2.54. The van der Waals surface area contributed by atoms with E-state index in [1.807, 2.05) is 31.1 Å². The van der Waals surface area contributed by atoms with Crippen molar-refractivity contribution >= 4 is 6.09 Å². The Morgan fingerprint density at radius 2 is 1.97 bits per heavy atom. The molecule has 0 bridgehead atoms. The minimum absolute atomic E-state index is 0.125. The molecule has 0 radical (unpaired) electrons. The summed E-state index contributed by atoms with van der Waals surface area (Å²) >= 11 is 0. The molecule has 2 aliphatic carbocycles. The fourth-order valence-corrected chi connectivity index (χ4v) is 5.17. The van der Waals surface area contributed by atoms with Gasteiger partial charge in [0.2, 0.25) is 0 Å². The van der Waals surface area contributed by atoms with Crippen LogP contribution in [0.25, 0.3) is 0 Å². The molecule has 0 aromatic heterocycles. The van der Waals surface area contributed by atoms with Crippen LogP contribution in [-0.4, -0.2) is 72.0 Å². The lowest BCUT2D eigenvalue weighted by atomic mass is 9.53. The number of fused-ring (bicyclic) bond motifs is 3. The minimum atomic E-state index is -1.02. The molecule has 4 atom stereocenters. The number of aliphatic hydroxyl groups is 2. The van der Waals surface area contributed by atoms with Crippen molar-refractivity contribution in [2.45, 2.75) is 63.1 Å². The predicted octanol–water partition coefficient (Wildman–Crippen LogP) is 2.79. The highest BCUT2D eigenvalue weighted by Gasteiger charge is 2.53. The molecule has 2 aliphatic rings. The zero-order chi connectivity index (χ0) is 21.4. The number of nitrogens with zero attached hydrogens (tertiary/aromatic N) is 2. The average molecular weight is 405 g/mol. The molecule has 0 unspecified atom stereocenters. The van der Waals surface area contributed by atoms with Gasteiger partial charge in [-0.1, -0.05) is 13.0 Å². The minimum Gasteiger partial charge on any atom is -0.410 e. The van der Waals surface area contributed by atoms with E-state index in [9.17, 15) is 15.0 Å². The van der Waals surface area contributed by atoms with Crippen molar-refractivity contribution in [1.82, 2.24) is 9.80 Å². The molecule has 1 saturated carbocycles. The molecule has 1 aromatic rings. The van der Waals surface area contributed by atoms with Gasteiger partial charge in [-0.25, -0.2) is 4.79 Å². The second-order valence-corrected chi connectivity index (χ2v) is 9.44. The maximum Gasteiger partial charge on any atom is 0.415 e. The number of benzene rings is 1. The topological polar surface area (TPSA) is 73.2 Å². The average Bonchev–Trinajstić information content (AvgIpc) is 2.66. The Bertz CT molecular complexity index is 748. The van der Waals surface area contributed by atoms with Crippen molar-refractivity contribution in [3.63, 3.8) is 0 Å². The van der Waals surface area contributed by atoms with E-state index in [0.29, 0.717) is 31.1 Å². The van der Waals surface area contributed by atoms with Crippen LogP contribution in [0.15, 0.2) is 18.2 Å². The van der Waals surface area contributed by atoms with Crippen molar-refractivity contribution in [1.29, 1.82) is 0 Å². The highest BCUT2D eigenvalue weighted by molar-refractivity contribution is 5.70. The van der Waals surface area contributed by atoms with Crippen LogP contribution in [0.4, 0.5) is 4.79 Å². The van der Waals surface area contributed by atoms with Crippen LogP contribution in [0, 0.1) is 5.92 Å². The van der Waals surface area contributed by atoms with Crippen LogP contribution in [0.5, 0.6) is 5.75 Å². The first kappa shape index (κ1) is 22.1. The van der Waals surface area contributed by atoms with Crippen molar-refractivity contribution < 1.29 is 19.7 Å². The number of hydrogen-bond acceptors (Lipinski definition) is 5. The Balaban J connectivity index is 1.79. The summed E-state index contributed by atoms with van der Waals surface area (Å²) in [6.07, 6.45) is 2.90. The van der Waals surface area contributed by atoms with Gasteiger partial charge < -0.3 is 24.7 Å². The van der Waals surface area contributed by atoms with E-state index in [0.717, 1.165) is 25.8 Å². The molecule has 6 heteroatoms. The number of aryl methyl sites for hydroxylation is 1. The first-order chi connectivity index (χ1) is 13.6. The maximum atomic E-state index is 12.4. The molecule has 0 heterocycles. The molecular formula is C23H36N2O4. The molecule has 0 saturated heterocycles. The van der Waals surface area contributed by atoms with Gasteiger partial charge in [0.25, 0.3) is 0 Å². The number of carbonyl (C=O) groups excluding carboxylic acids is 1. The summed E-state index contributed by atoms with van der Waals surface area (Å²) in [6, 6.07) is 5.93.